The Morgan fingerprint density at radius 2 is 2.14 bits per heavy atom. The Bertz CT molecular complexity index is 1230. The molecule has 1 saturated heterocycles. The number of aliphatic carboxylic acids is 1. The van der Waals surface area contributed by atoms with E-state index in [1.165, 1.54) is 11.8 Å². The van der Waals surface area contributed by atoms with Gasteiger partial charge in [-0.15, -0.1) is 11.8 Å². The van der Waals surface area contributed by atoms with Crippen LogP contribution in [0.1, 0.15) is 18.3 Å². The van der Waals surface area contributed by atoms with Crippen LogP contribution in [0.15, 0.2) is 41.0 Å². The summed E-state index contributed by atoms with van der Waals surface area (Å²) in [6.07, 6.45) is 3.62. The number of nitrogens with zero attached hydrogens (tertiary/aromatic N) is 5. The van der Waals surface area contributed by atoms with Gasteiger partial charge in [0.05, 0.1) is 18.3 Å². The molecule has 0 aromatic carbocycles. The molecule has 1 fully saturated rings. The molecule has 2 aromatic rings. The minimum absolute atomic E-state index is 0.0328. The van der Waals surface area contributed by atoms with E-state index in [2.05, 4.69) is 19.8 Å². The van der Waals surface area contributed by atoms with Crippen LogP contribution in [0.2, 0.25) is 0 Å². The minimum Gasteiger partial charge on any atom is -0.543 e. The molecule has 190 valence electrons. The predicted octanol–water partition coefficient (Wildman–Crippen LogP) is -1.60. The van der Waals surface area contributed by atoms with Crippen LogP contribution in [0, 0.1) is 0 Å². The van der Waals surface area contributed by atoms with Crippen LogP contribution < -0.4 is 20.7 Å². The van der Waals surface area contributed by atoms with E-state index in [0.717, 1.165) is 22.0 Å². The fraction of sp³-hybridized carbons (Fsp3) is 0.381. The maximum Gasteiger partial charge on any atom is 0.278 e. The zero-order valence-electron chi connectivity index (χ0n) is 19.4. The summed E-state index contributed by atoms with van der Waals surface area (Å²) in [6, 6.07) is 2.77. The highest BCUT2D eigenvalue weighted by atomic mass is 32.2. The Labute approximate surface area is 214 Å². The van der Waals surface area contributed by atoms with Crippen molar-refractivity contribution in [1.29, 1.82) is 0 Å². The number of nitrogen functional groups attached to an aromatic ring is 1. The Morgan fingerprint density at radius 3 is 2.75 bits per heavy atom. The van der Waals surface area contributed by atoms with E-state index in [9.17, 15) is 19.5 Å². The summed E-state index contributed by atoms with van der Waals surface area (Å²) >= 11 is 2.23. The molecule has 2 atom stereocenters. The third-order valence-corrected chi connectivity index (χ3v) is 7.21. The Kier molecular flexibility index (Phi) is 7.81. The number of methoxy groups -OCH3 is 1. The fourth-order valence-electron chi connectivity index (χ4n) is 3.72. The first-order valence-electron chi connectivity index (χ1n) is 10.8. The van der Waals surface area contributed by atoms with Gasteiger partial charge in [0, 0.05) is 42.1 Å². The first-order valence-corrected chi connectivity index (χ1v) is 12.6. The number of fused-ring (bicyclic) bond motifs is 1. The highest BCUT2D eigenvalue weighted by Gasteiger charge is 2.53. The molecule has 4 heterocycles. The molecule has 0 spiro atoms. The SMILES string of the molecule is CCON=C(C(=O)NC1C(=O)N2C(C(=O)[O-])=C(C[n+]3ccc(COC)cc3)CS[C@@H]12)c1nsc(N)n1. The summed E-state index contributed by atoms with van der Waals surface area (Å²) < 4.78 is 10.9. The second-order valence-electron chi connectivity index (χ2n) is 7.73. The molecular weight excluding hydrogens is 510 g/mol. The Hall–Kier alpha value is -3.56. The highest BCUT2D eigenvalue weighted by Crippen LogP contribution is 2.40. The number of carboxylic acid groups (broad SMARTS) is 1. The van der Waals surface area contributed by atoms with Crippen molar-refractivity contribution in [3.8, 4) is 0 Å². The summed E-state index contributed by atoms with van der Waals surface area (Å²) in [5, 5.41) is 17.9. The van der Waals surface area contributed by atoms with E-state index in [-0.39, 0.29) is 35.5 Å². The number of hydrogen-bond acceptors (Lipinski definition) is 12. The van der Waals surface area contributed by atoms with Crippen molar-refractivity contribution in [2.75, 3.05) is 25.2 Å². The number of β-lactam (4-membered cyclic amide) rings is 1. The molecule has 0 saturated carbocycles. The smallest absolute Gasteiger partial charge is 0.278 e. The number of nitrogens with one attached hydrogen (secondary N) is 1. The van der Waals surface area contributed by atoms with Crippen molar-refractivity contribution < 1.29 is 33.6 Å². The lowest BCUT2D eigenvalue weighted by atomic mass is 10.0. The number of nitrogens with two attached hydrogens (primary N) is 1. The van der Waals surface area contributed by atoms with E-state index in [4.69, 9.17) is 15.3 Å². The molecular formula is C21H23N7O6S2. The number of carbonyl (C=O) groups excluding carboxylic acids is 3. The molecule has 15 heteroatoms. The third kappa shape index (κ3) is 5.17. The lowest BCUT2D eigenvalue weighted by Crippen LogP contribution is -2.71. The maximum atomic E-state index is 13.0. The zero-order valence-corrected chi connectivity index (χ0v) is 21.0. The van der Waals surface area contributed by atoms with E-state index in [0.29, 0.717) is 17.9 Å². The lowest BCUT2D eigenvalue weighted by Gasteiger charge is -2.50. The van der Waals surface area contributed by atoms with E-state index in [1.807, 2.05) is 29.1 Å². The molecule has 13 nitrogen and oxygen atoms in total. The first-order chi connectivity index (χ1) is 17.3. The number of thioether (sulfide) groups is 1. The van der Waals surface area contributed by atoms with Crippen LogP contribution in [0.5, 0.6) is 0 Å². The van der Waals surface area contributed by atoms with Gasteiger partial charge < -0.3 is 30.5 Å². The number of aromatic nitrogens is 3. The topological polar surface area (TPSA) is 176 Å². The molecule has 4 rings (SSSR count). The van der Waals surface area contributed by atoms with Crippen LogP contribution in [-0.2, 0) is 37.1 Å². The van der Waals surface area contributed by atoms with Crippen LogP contribution in [0.4, 0.5) is 5.13 Å². The summed E-state index contributed by atoms with van der Waals surface area (Å²) in [7, 11) is 1.60. The quantitative estimate of drug-likeness (QED) is 0.156. The van der Waals surface area contributed by atoms with Crippen molar-refractivity contribution in [1.82, 2.24) is 19.6 Å². The molecule has 2 aliphatic heterocycles. The fourth-order valence-corrected chi connectivity index (χ4v) is 5.49. The van der Waals surface area contributed by atoms with Gasteiger partial charge in [-0.3, -0.25) is 14.5 Å². The number of anilines is 1. The summed E-state index contributed by atoms with van der Waals surface area (Å²) in [4.78, 5) is 48.0. The van der Waals surface area contributed by atoms with Gasteiger partial charge in [-0.1, -0.05) is 5.16 Å². The first kappa shape index (κ1) is 25.5. The van der Waals surface area contributed by atoms with Crippen LogP contribution in [0.25, 0.3) is 0 Å². The number of hydrogen-bond donors (Lipinski definition) is 2. The number of ether oxygens (including phenoxy) is 1. The van der Waals surface area contributed by atoms with Crippen LogP contribution >= 0.6 is 23.3 Å². The number of rotatable bonds is 10. The molecule has 36 heavy (non-hydrogen) atoms. The van der Waals surface area contributed by atoms with E-state index < -0.39 is 29.2 Å². The van der Waals surface area contributed by atoms with Crippen molar-refractivity contribution in [3.63, 3.8) is 0 Å². The molecule has 2 amide bonds. The summed E-state index contributed by atoms with van der Waals surface area (Å²) in [5.41, 5.74) is 6.69. The van der Waals surface area contributed by atoms with Gasteiger partial charge in [0.1, 0.15) is 18.0 Å². The Morgan fingerprint density at radius 1 is 1.39 bits per heavy atom. The standard InChI is InChI=1S/C21H23N7O6S2/c1-3-34-25-13(16-24-21(22)36-26-16)17(29)23-14-18(30)28-15(20(31)32)12(10-35-19(14)28)8-27-6-4-11(5-7-27)9-33-2/h4-7,14,19H,3,8-10H2,1-2H3,(H3-,22,23,24,26,29,31,32)/t14?,19-/m0/s1. The molecule has 0 bridgehead atoms. The normalized spacial score (nSPS) is 19.6. The van der Waals surface area contributed by atoms with E-state index >= 15 is 0 Å². The Balaban J connectivity index is 1.50. The number of pyridine rings is 1. The number of oxime groups is 1. The van der Waals surface area contributed by atoms with Gasteiger partial charge in [-0.2, -0.15) is 9.36 Å². The zero-order chi connectivity index (χ0) is 25.8. The average Bonchev–Trinajstić information content (AvgIpc) is 3.29. The average molecular weight is 534 g/mol. The summed E-state index contributed by atoms with van der Waals surface area (Å²) in [5.74, 6) is -2.46. The van der Waals surface area contributed by atoms with Gasteiger partial charge in [-0.25, -0.2) is 4.57 Å². The van der Waals surface area contributed by atoms with Crippen molar-refractivity contribution in [2.24, 2.45) is 5.16 Å². The summed E-state index contributed by atoms with van der Waals surface area (Å²) in [6.45, 7) is 2.61. The second kappa shape index (κ2) is 11.0. The van der Waals surface area contributed by atoms with Gasteiger partial charge in [0.15, 0.2) is 24.1 Å². The monoisotopic (exact) mass is 533 g/mol. The van der Waals surface area contributed by atoms with Crippen LogP contribution in [-0.4, -0.2) is 68.6 Å². The van der Waals surface area contributed by atoms with Gasteiger partial charge in [0.25, 0.3) is 11.8 Å². The predicted molar refractivity (Wildman–Crippen MR) is 127 cm³/mol. The van der Waals surface area contributed by atoms with Crippen molar-refractivity contribution >= 4 is 51.9 Å². The van der Waals surface area contributed by atoms with E-state index in [1.54, 1.807) is 14.0 Å². The third-order valence-electron chi connectivity index (χ3n) is 5.33. The molecule has 2 aliphatic rings. The van der Waals surface area contributed by atoms with Crippen molar-refractivity contribution in [3.05, 3.63) is 47.2 Å². The van der Waals surface area contributed by atoms with Gasteiger partial charge >= 0.3 is 0 Å². The molecule has 1 unspecified atom stereocenters. The van der Waals surface area contributed by atoms with Gasteiger partial charge in [-0.05, 0) is 12.5 Å². The highest BCUT2D eigenvalue weighted by molar-refractivity contribution is 8.00. The number of carboxylic acids is 1. The molecule has 3 N–H and O–H groups in total. The lowest BCUT2D eigenvalue weighted by molar-refractivity contribution is -0.689. The van der Waals surface area contributed by atoms with Crippen molar-refractivity contribution in [2.45, 2.75) is 31.5 Å². The number of amides is 2. The van der Waals surface area contributed by atoms with Crippen LogP contribution in [0.3, 0.4) is 0 Å². The van der Waals surface area contributed by atoms with Gasteiger partial charge in [0.2, 0.25) is 11.5 Å². The minimum atomic E-state index is -1.45. The molecule has 0 radical (unpaired) electrons. The molecule has 0 aliphatic carbocycles. The largest absolute Gasteiger partial charge is 0.543 e. The number of carbonyl (C=O) groups is 3. The maximum absolute atomic E-state index is 13.0. The molecule has 2 aromatic heterocycles. The second-order valence-corrected chi connectivity index (χ2v) is 9.61.